The average molecular weight is 1070 g/mol. The van der Waals surface area contributed by atoms with Crippen LogP contribution in [-0.4, -0.2) is 46.0 Å². The molecular weight excluding hydrogens is 1050 g/mol. The van der Waals surface area contributed by atoms with E-state index in [9.17, 15) is 116 Å². The minimum Gasteiger partial charge on any atom is -0.506 e. The maximum Gasteiger partial charge on any atom is 0.461 e. The molecule has 4 rings (SSSR count). The maximum absolute atomic E-state index is 13.2. The van der Waals surface area contributed by atoms with Gasteiger partial charge >= 0.3 is 48.9 Å². The Balaban J connectivity index is 0.000000467. The number of benzene rings is 4. The molecule has 6 nitrogen and oxygen atoms in total. The molecule has 0 spiro atoms. The van der Waals surface area contributed by atoms with Crippen molar-refractivity contribution >= 4 is 23.1 Å². The van der Waals surface area contributed by atoms with E-state index in [1.807, 2.05) is 0 Å². The Kier molecular flexibility index (Phi) is 17.0. The third kappa shape index (κ3) is 13.3. The van der Waals surface area contributed by atoms with Crippen LogP contribution in [0.4, 0.5) is 96.6 Å². The van der Waals surface area contributed by atoms with Crippen LogP contribution in [0.2, 0.25) is 0 Å². The molecule has 0 bridgehead atoms. The molecule has 4 aromatic rings. The summed E-state index contributed by atoms with van der Waals surface area (Å²) >= 11 is 0. The first kappa shape index (κ1) is 58.4. The molecular formula is C40H16CuF22N2O4. The molecule has 0 aliphatic carbocycles. The normalized spacial score (nSPS) is 13.6. The number of rotatable bonds is 8. The van der Waals surface area contributed by atoms with Gasteiger partial charge in [0.1, 0.15) is 34.8 Å². The first-order valence-electron chi connectivity index (χ1n) is 17.1. The molecule has 0 aliphatic heterocycles. The van der Waals surface area contributed by atoms with Crippen LogP contribution in [0.25, 0.3) is 33.8 Å². The summed E-state index contributed by atoms with van der Waals surface area (Å²) in [6.07, 6.45) is -33.4. The Morgan fingerprint density at radius 1 is 0.377 bits per heavy atom. The molecule has 0 heterocycles. The van der Waals surface area contributed by atoms with Gasteiger partial charge in [0.25, 0.3) is 11.6 Å². The Labute approximate surface area is 379 Å². The molecule has 69 heavy (non-hydrogen) atoms. The molecule has 0 aliphatic rings. The van der Waals surface area contributed by atoms with Gasteiger partial charge in [0.15, 0.2) is 0 Å². The van der Waals surface area contributed by atoms with Crippen LogP contribution in [0, 0.1) is 22.7 Å². The zero-order chi connectivity index (χ0) is 52.6. The summed E-state index contributed by atoms with van der Waals surface area (Å²) in [6.45, 7) is 0. The second-order valence-electron chi connectivity index (χ2n) is 13.2. The Hall–Kier alpha value is -6.74. The first-order valence-corrected chi connectivity index (χ1v) is 17.1. The number of hydrogen-bond donors (Lipinski definition) is 2. The second-order valence-corrected chi connectivity index (χ2v) is 13.2. The van der Waals surface area contributed by atoms with E-state index in [0.29, 0.717) is 48.5 Å². The number of allylic oxidation sites excluding steroid dienone is 2. The fraction of sp³-hybridized carbons (Fsp3) is 0.200. The standard InChI is InChI=1S/2C20H8F11NO2.Cu/c2*21-17(22,20(29,30)31)16(34)14(8-32)15(33)10-3-1-9(2-4-10)11-5-12(18(23,24)25)7-13(6-11)19(26,27)28;/h2*1-7,33H;/b2*15-14-;. The van der Waals surface area contributed by atoms with Crippen molar-refractivity contribution in [2.45, 2.75) is 48.9 Å². The molecule has 0 saturated carbocycles. The number of ketones is 2. The molecule has 29 heteroatoms. The van der Waals surface area contributed by atoms with Crippen LogP contribution in [0.5, 0.6) is 0 Å². The predicted octanol–water partition coefficient (Wildman–Crippen LogP) is 13.9. The molecule has 2 N–H and O–H groups in total. The van der Waals surface area contributed by atoms with E-state index in [4.69, 9.17) is 10.5 Å². The number of aliphatic hydroxyl groups is 2. The molecule has 0 fully saturated rings. The van der Waals surface area contributed by atoms with Crippen molar-refractivity contribution in [2.75, 3.05) is 0 Å². The molecule has 0 amide bonds. The summed E-state index contributed by atoms with van der Waals surface area (Å²) in [7, 11) is 0. The van der Waals surface area contributed by atoms with Gasteiger partial charge in [-0.05, 0) is 58.7 Å². The molecule has 0 aromatic heterocycles. The summed E-state index contributed by atoms with van der Waals surface area (Å²) in [5, 5.41) is 37.4. The number of Topliss-reactive ketones (excluding diaryl/α,β-unsaturated/α-hetero) is 2. The molecule has 4 aromatic carbocycles. The number of nitriles is 2. The Bertz CT molecular complexity index is 2460. The van der Waals surface area contributed by atoms with Crippen molar-refractivity contribution in [3.8, 4) is 34.4 Å². The van der Waals surface area contributed by atoms with Crippen molar-refractivity contribution in [3.63, 3.8) is 0 Å². The first-order chi connectivity index (χ1) is 30.6. The number of halogens is 22. The average Bonchev–Trinajstić information content (AvgIpc) is 3.22. The van der Waals surface area contributed by atoms with Crippen LogP contribution < -0.4 is 0 Å². The van der Waals surface area contributed by atoms with Crippen molar-refractivity contribution in [1.29, 1.82) is 10.5 Å². The maximum atomic E-state index is 13.2. The van der Waals surface area contributed by atoms with Crippen LogP contribution in [0.1, 0.15) is 33.4 Å². The molecule has 375 valence electrons. The van der Waals surface area contributed by atoms with Gasteiger partial charge in [-0.15, -0.1) is 0 Å². The molecule has 0 atom stereocenters. The number of hydrogen-bond acceptors (Lipinski definition) is 6. The zero-order valence-corrected chi connectivity index (χ0v) is 33.2. The van der Waals surface area contributed by atoms with E-state index in [0.717, 1.165) is 36.4 Å². The summed E-state index contributed by atoms with van der Waals surface area (Å²) in [6, 6.07) is 8.60. The topological polar surface area (TPSA) is 122 Å². The fourth-order valence-electron chi connectivity index (χ4n) is 5.17. The van der Waals surface area contributed by atoms with E-state index < -0.39 is 128 Å². The minimum absolute atomic E-state index is 0. The Morgan fingerprint density at radius 3 is 0.768 bits per heavy atom. The van der Waals surface area contributed by atoms with E-state index in [1.165, 1.54) is 0 Å². The Morgan fingerprint density at radius 2 is 0.594 bits per heavy atom. The van der Waals surface area contributed by atoms with Crippen LogP contribution in [0.15, 0.2) is 96.1 Å². The van der Waals surface area contributed by atoms with Crippen molar-refractivity contribution in [2.24, 2.45) is 0 Å². The molecule has 0 saturated heterocycles. The van der Waals surface area contributed by atoms with Gasteiger partial charge in [-0.25, -0.2) is 0 Å². The van der Waals surface area contributed by atoms with Crippen molar-refractivity contribution < 1.29 is 133 Å². The summed E-state index contributed by atoms with van der Waals surface area (Å²) in [4.78, 5) is 23.0. The third-order valence-corrected chi connectivity index (χ3v) is 8.59. The van der Waals surface area contributed by atoms with Gasteiger partial charge < -0.3 is 10.2 Å². The van der Waals surface area contributed by atoms with Gasteiger partial charge in [0.05, 0.1) is 22.3 Å². The van der Waals surface area contributed by atoms with Gasteiger partial charge in [-0.3, -0.25) is 9.59 Å². The summed E-state index contributed by atoms with van der Waals surface area (Å²) in [5.41, 5.74) is -13.7. The molecule has 1 radical (unpaired) electrons. The molecule has 0 unspecified atom stereocenters. The monoisotopic (exact) mass is 1070 g/mol. The van der Waals surface area contributed by atoms with Gasteiger partial charge in [0, 0.05) is 28.2 Å². The van der Waals surface area contributed by atoms with Crippen molar-refractivity contribution in [3.05, 3.63) is 129 Å². The van der Waals surface area contributed by atoms with Crippen LogP contribution in [0.3, 0.4) is 0 Å². The van der Waals surface area contributed by atoms with Crippen molar-refractivity contribution in [1.82, 2.24) is 0 Å². The number of nitrogens with zero attached hydrogens (tertiary/aromatic N) is 2. The number of carbonyl (C=O) groups excluding carboxylic acids is 2. The van der Waals surface area contributed by atoms with Crippen LogP contribution in [-0.2, 0) is 51.4 Å². The number of alkyl halides is 22. The van der Waals surface area contributed by atoms with E-state index in [1.54, 1.807) is 0 Å². The second kappa shape index (κ2) is 20.1. The van der Waals surface area contributed by atoms with Gasteiger partial charge in [0.2, 0.25) is 0 Å². The smallest absolute Gasteiger partial charge is 0.461 e. The van der Waals surface area contributed by atoms with Gasteiger partial charge in [-0.1, -0.05) is 48.5 Å². The minimum atomic E-state index is -6.38. The van der Waals surface area contributed by atoms with E-state index >= 15 is 0 Å². The largest absolute Gasteiger partial charge is 0.506 e. The van der Waals surface area contributed by atoms with Crippen LogP contribution >= 0.6 is 0 Å². The fourth-order valence-corrected chi connectivity index (χ4v) is 5.17. The zero-order valence-electron chi connectivity index (χ0n) is 32.3. The SMILES string of the molecule is N#C/C(C(=O)C(F)(F)C(F)(F)F)=C(/O)c1ccc(-c2cc(C(F)(F)F)cc(C(F)(F)F)c2)cc1.N#C/C(C(=O)C(F)(F)C(F)(F)F)=C(/O)c1ccc(-c2cc(C(F)(F)F)cc(C(F)(F)F)c2)cc1.[Cu]. The third-order valence-electron chi connectivity index (χ3n) is 8.59. The number of carbonyl (C=O) groups is 2. The predicted molar refractivity (Wildman–Crippen MR) is 186 cm³/mol. The van der Waals surface area contributed by atoms with E-state index in [2.05, 4.69) is 0 Å². The number of aliphatic hydroxyl groups excluding tert-OH is 2. The summed E-state index contributed by atoms with van der Waals surface area (Å²) < 4.78 is 283. The quantitative estimate of drug-likeness (QED) is 0.0596. The van der Waals surface area contributed by atoms with Gasteiger partial charge in [-0.2, -0.15) is 107 Å². The van der Waals surface area contributed by atoms with E-state index in [-0.39, 0.29) is 40.3 Å². The summed E-state index contributed by atoms with van der Waals surface area (Å²) in [5.74, 6) is -21.4.